The third-order valence-corrected chi connectivity index (χ3v) is 2.87. The van der Waals surface area contributed by atoms with Crippen LogP contribution in [0.25, 0.3) is 0 Å². The maximum atomic E-state index is 10.5. The molecule has 1 aliphatic carbocycles. The normalized spacial score (nSPS) is 31.8. The maximum absolute atomic E-state index is 10.5. The first-order valence-corrected chi connectivity index (χ1v) is 4.56. The maximum Gasteiger partial charge on any atom is 0.303 e. The first kappa shape index (κ1) is 8.05. The molecule has 68 valence electrons. The Labute approximate surface area is 71.7 Å². The average molecular weight is 170 g/mol. The average Bonchev–Trinajstić information content (AvgIpc) is 2.68. The molecule has 1 saturated carbocycles. The van der Waals surface area contributed by atoms with Gasteiger partial charge in [0, 0.05) is 13.0 Å². The van der Waals surface area contributed by atoms with Gasteiger partial charge in [0.15, 0.2) is 0 Å². The molecular weight excluding hydrogens is 156 g/mol. The first-order chi connectivity index (χ1) is 5.70. The van der Waals surface area contributed by atoms with E-state index in [2.05, 4.69) is 0 Å². The van der Waals surface area contributed by atoms with Gasteiger partial charge in [-0.1, -0.05) is 0 Å². The van der Waals surface area contributed by atoms with E-state index in [9.17, 15) is 4.79 Å². The summed E-state index contributed by atoms with van der Waals surface area (Å²) in [7, 11) is 0. The number of rotatable bonds is 2. The molecule has 1 atom stereocenters. The summed E-state index contributed by atoms with van der Waals surface area (Å²) in [5.41, 5.74) is 0.123. The minimum atomic E-state index is -0.669. The molecule has 1 heterocycles. The van der Waals surface area contributed by atoms with E-state index >= 15 is 0 Å². The van der Waals surface area contributed by atoms with E-state index in [1.165, 1.54) is 0 Å². The zero-order chi connectivity index (χ0) is 8.60. The van der Waals surface area contributed by atoms with E-state index in [0.717, 1.165) is 32.3 Å². The van der Waals surface area contributed by atoms with Crippen LogP contribution in [0.1, 0.15) is 32.1 Å². The van der Waals surface area contributed by atoms with Crippen molar-refractivity contribution in [2.24, 2.45) is 5.92 Å². The highest BCUT2D eigenvalue weighted by molar-refractivity contribution is 5.67. The highest BCUT2D eigenvalue weighted by Gasteiger charge is 2.47. The van der Waals surface area contributed by atoms with Crippen LogP contribution in [0.4, 0.5) is 0 Å². The summed E-state index contributed by atoms with van der Waals surface area (Å²) in [4.78, 5) is 10.5. The Bertz CT molecular complexity index is 196. The number of hydrogen-bond donors (Lipinski definition) is 1. The molecule has 1 N–H and O–H groups in total. The summed E-state index contributed by atoms with van der Waals surface area (Å²) >= 11 is 0. The van der Waals surface area contributed by atoms with Crippen LogP contribution in [0, 0.1) is 5.92 Å². The van der Waals surface area contributed by atoms with Crippen molar-refractivity contribution < 1.29 is 14.6 Å². The Hall–Kier alpha value is -0.570. The van der Waals surface area contributed by atoms with Gasteiger partial charge in [0.05, 0.1) is 5.60 Å². The molecule has 0 aromatic heterocycles. The number of hydrogen-bond acceptors (Lipinski definition) is 2. The lowest BCUT2D eigenvalue weighted by molar-refractivity contribution is -0.139. The van der Waals surface area contributed by atoms with E-state index in [1.807, 2.05) is 0 Å². The Morgan fingerprint density at radius 3 is 2.92 bits per heavy atom. The molecule has 2 fully saturated rings. The van der Waals surface area contributed by atoms with Gasteiger partial charge in [-0.3, -0.25) is 4.79 Å². The van der Waals surface area contributed by atoms with Crippen LogP contribution in [-0.4, -0.2) is 23.3 Å². The molecule has 3 heteroatoms. The number of carbonyl (C=O) groups is 1. The predicted molar refractivity (Wildman–Crippen MR) is 42.9 cm³/mol. The number of carboxylic acids is 1. The summed E-state index contributed by atoms with van der Waals surface area (Å²) in [6, 6.07) is 0. The molecule has 2 aliphatic rings. The molecule has 0 bridgehead atoms. The van der Waals surface area contributed by atoms with Gasteiger partial charge < -0.3 is 9.84 Å². The van der Waals surface area contributed by atoms with Crippen molar-refractivity contribution in [3.63, 3.8) is 0 Å². The van der Waals surface area contributed by atoms with E-state index in [1.54, 1.807) is 0 Å². The number of ether oxygens (including phenoxy) is 1. The summed E-state index contributed by atoms with van der Waals surface area (Å²) in [5, 5.41) is 8.62. The van der Waals surface area contributed by atoms with Crippen LogP contribution in [0.15, 0.2) is 0 Å². The highest BCUT2D eigenvalue weighted by Crippen LogP contribution is 2.48. The van der Waals surface area contributed by atoms with Gasteiger partial charge in [0.2, 0.25) is 0 Å². The van der Waals surface area contributed by atoms with Gasteiger partial charge in [0.1, 0.15) is 0 Å². The predicted octanol–water partition coefficient (Wildman–Crippen LogP) is 1.42. The largest absolute Gasteiger partial charge is 0.481 e. The lowest BCUT2D eigenvalue weighted by Gasteiger charge is -2.28. The number of aliphatic carboxylic acids is 1. The Morgan fingerprint density at radius 2 is 2.33 bits per heavy atom. The van der Waals surface area contributed by atoms with Gasteiger partial charge in [-0.2, -0.15) is 0 Å². The van der Waals surface area contributed by atoms with Crippen molar-refractivity contribution in [1.82, 2.24) is 0 Å². The number of carboxylic acid groups (broad SMARTS) is 1. The molecule has 3 nitrogen and oxygen atoms in total. The summed E-state index contributed by atoms with van der Waals surface area (Å²) < 4.78 is 5.60. The van der Waals surface area contributed by atoms with Crippen molar-refractivity contribution in [2.45, 2.75) is 37.7 Å². The molecule has 0 aromatic carbocycles. The summed E-state index contributed by atoms with van der Waals surface area (Å²) in [6.07, 6.45) is 4.50. The van der Waals surface area contributed by atoms with E-state index < -0.39 is 5.97 Å². The van der Waals surface area contributed by atoms with E-state index in [0.29, 0.717) is 12.3 Å². The molecule has 1 spiro atoms. The third-order valence-electron chi connectivity index (χ3n) is 2.87. The molecule has 1 saturated heterocycles. The van der Waals surface area contributed by atoms with Crippen molar-refractivity contribution in [3.8, 4) is 0 Å². The molecule has 0 aromatic rings. The first-order valence-electron chi connectivity index (χ1n) is 4.56. The minimum Gasteiger partial charge on any atom is -0.481 e. The van der Waals surface area contributed by atoms with Gasteiger partial charge in [-0.15, -0.1) is 0 Å². The second-order valence-electron chi connectivity index (χ2n) is 3.99. The zero-order valence-electron chi connectivity index (χ0n) is 7.08. The second kappa shape index (κ2) is 2.73. The molecular formula is C9H14O3. The third kappa shape index (κ3) is 1.61. The van der Waals surface area contributed by atoms with Gasteiger partial charge in [-0.05, 0) is 31.6 Å². The van der Waals surface area contributed by atoms with Crippen LogP contribution < -0.4 is 0 Å². The van der Waals surface area contributed by atoms with Crippen molar-refractivity contribution in [2.75, 3.05) is 6.61 Å². The smallest absolute Gasteiger partial charge is 0.303 e. The molecule has 1 aliphatic heterocycles. The fraction of sp³-hybridized carbons (Fsp3) is 0.889. The van der Waals surface area contributed by atoms with Crippen molar-refractivity contribution in [3.05, 3.63) is 0 Å². The fourth-order valence-electron chi connectivity index (χ4n) is 2.04. The topological polar surface area (TPSA) is 46.5 Å². The van der Waals surface area contributed by atoms with Crippen molar-refractivity contribution >= 4 is 5.97 Å². The molecule has 0 amide bonds. The lowest BCUT2D eigenvalue weighted by Crippen LogP contribution is -2.28. The molecule has 12 heavy (non-hydrogen) atoms. The minimum absolute atomic E-state index is 0.123. The quantitative estimate of drug-likeness (QED) is 0.681. The molecule has 2 rings (SSSR count). The van der Waals surface area contributed by atoms with Gasteiger partial charge >= 0.3 is 5.97 Å². The lowest BCUT2D eigenvalue weighted by atomic mass is 9.91. The summed E-state index contributed by atoms with van der Waals surface area (Å²) in [5.74, 6) is -0.309. The highest BCUT2D eigenvalue weighted by atomic mass is 16.5. The van der Waals surface area contributed by atoms with Crippen molar-refractivity contribution in [1.29, 1.82) is 0 Å². The molecule has 0 radical (unpaired) electrons. The second-order valence-corrected chi connectivity index (χ2v) is 3.99. The van der Waals surface area contributed by atoms with Crippen LogP contribution >= 0.6 is 0 Å². The van der Waals surface area contributed by atoms with E-state index in [-0.39, 0.29) is 5.60 Å². The van der Waals surface area contributed by atoms with Gasteiger partial charge in [-0.25, -0.2) is 0 Å². The Kier molecular flexibility index (Phi) is 1.83. The van der Waals surface area contributed by atoms with Crippen LogP contribution in [0.2, 0.25) is 0 Å². The summed E-state index contributed by atoms with van der Waals surface area (Å²) in [6.45, 7) is 0.762. The van der Waals surface area contributed by atoms with Crippen LogP contribution in [-0.2, 0) is 9.53 Å². The Morgan fingerprint density at radius 1 is 1.58 bits per heavy atom. The monoisotopic (exact) mass is 170 g/mol. The Balaban J connectivity index is 1.86. The standard InChI is InChI=1S/C9H14O3/c10-8(11)5-7-1-4-12-9(6-7)2-3-9/h7H,1-6H2,(H,10,11). The van der Waals surface area contributed by atoms with Crippen LogP contribution in [0.3, 0.4) is 0 Å². The molecule has 1 unspecified atom stereocenters. The van der Waals surface area contributed by atoms with E-state index in [4.69, 9.17) is 9.84 Å². The van der Waals surface area contributed by atoms with Crippen LogP contribution in [0.5, 0.6) is 0 Å². The SMILES string of the molecule is O=C(O)CC1CCOC2(CC2)C1. The van der Waals surface area contributed by atoms with Gasteiger partial charge in [0.25, 0.3) is 0 Å². The fourth-order valence-corrected chi connectivity index (χ4v) is 2.04. The zero-order valence-corrected chi connectivity index (χ0v) is 7.08.